The second-order valence-corrected chi connectivity index (χ2v) is 11.1. The molecule has 202 valence electrons. The van der Waals surface area contributed by atoms with Gasteiger partial charge in [-0.25, -0.2) is 0 Å². The molecule has 0 aromatic heterocycles. The molecule has 0 saturated heterocycles. The molecule has 0 heterocycles. The van der Waals surface area contributed by atoms with Crippen LogP contribution in [0.1, 0.15) is 57.7 Å². The number of benzene rings is 3. The first-order valence-corrected chi connectivity index (χ1v) is 13.6. The highest BCUT2D eigenvalue weighted by atomic mass is 35.5. The summed E-state index contributed by atoms with van der Waals surface area (Å²) in [5.74, 6) is 0.210. The zero-order valence-corrected chi connectivity index (χ0v) is 23.8. The van der Waals surface area contributed by atoms with Crippen LogP contribution in [-0.4, -0.2) is 35.4 Å². The van der Waals surface area contributed by atoms with Crippen LogP contribution < -0.4 is 10.1 Å². The number of nitrogens with zero attached hydrogens (tertiary/aromatic N) is 1. The molecule has 0 radical (unpaired) electrons. The van der Waals surface area contributed by atoms with Crippen LogP contribution in [0.2, 0.25) is 5.02 Å². The molecule has 0 aliphatic carbocycles. The highest BCUT2D eigenvalue weighted by molar-refractivity contribution is 6.30. The second-order valence-electron chi connectivity index (χ2n) is 10.7. The number of rotatable bonds is 11. The third-order valence-corrected chi connectivity index (χ3v) is 6.80. The normalized spacial score (nSPS) is 12.9. The molecule has 38 heavy (non-hydrogen) atoms. The Hall–Kier alpha value is -3.31. The first-order valence-electron chi connectivity index (χ1n) is 13.2. The van der Waals surface area contributed by atoms with E-state index in [9.17, 15) is 9.59 Å². The van der Waals surface area contributed by atoms with E-state index in [1.54, 1.807) is 11.0 Å². The van der Waals surface area contributed by atoms with Crippen molar-refractivity contribution in [3.05, 3.63) is 101 Å². The fourth-order valence-corrected chi connectivity index (χ4v) is 4.47. The number of halogens is 1. The van der Waals surface area contributed by atoms with Crippen LogP contribution in [-0.2, 0) is 28.0 Å². The number of carbonyl (C=O) groups excluding carboxylic acids is 2. The highest BCUT2D eigenvalue weighted by Crippen LogP contribution is 2.31. The van der Waals surface area contributed by atoms with Crippen molar-refractivity contribution in [2.75, 3.05) is 6.61 Å². The molecule has 6 heteroatoms. The number of hydrogen-bond acceptors (Lipinski definition) is 3. The van der Waals surface area contributed by atoms with Gasteiger partial charge in [0.15, 0.2) is 6.61 Å². The molecule has 5 nitrogen and oxygen atoms in total. The fourth-order valence-electron chi connectivity index (χ4n) is 4.26. The Morgan fingerprint density at radius 2 is 1.61 bits per heavy atom. The minimum absolute atomic E-state index is 0.0150. The molecular weight excluding hydrogens is 496 g/mol. The van der Waals surface area contributed by atoms with Gasteiger partial charge in [0.1, 0.15) is 11.8 Å². The van der Waals surface area contributed by atoms with Crippen LogP contribution in [0.25, 0.3) is 0 Å². The van der Waals surface area contributed by atoms with Crippen LogP contribution in [0.3, 0.4) is 0 Å². The molecule has 2 unspecified atom stereocenters. The van der Waals surface area contributed by atoms with E-state index in [0.717, 1.165) is 23.1 Å². The van der Waals surface area contributed by atoms with Crippen molar-refractivity contribution in [2.45, 2.75) is 71.5 Å². The third-order valence-electron chi connectivity index (χ3n) is 6.56. The van der Waals surface area contributed by atoms with Crippen LogP contribution in [0.15, 0.2) is 78.9 Å². The zero-order chi connectivity index (χ0) is 27.7. The summed E-state index contributed by atoms with van der Waals surface area (Å²) < 4.78 is 6.10. The molecule has 0 aliphatic heterocycles. The van der Waals surface area contributed by atoms with E-state index in [2.05, 4.69) is 26.1 Å². The fraction of sp³-hybridized carbons (Fsp3) is 0.375. The summed E-state index contributed by atoms with van der Waals surface area (Å²) in [6, 6.07) is 24.2. The van der Waals surface area contributed by atoms with E-state index in [4.69, 9.17) is 16.3 Å². The quantitative estimate of drug-likeness (QED) is 0.302. The maximum atomic E-state index is 13.8. The van der Waals surface area contributed by atoms with Gasteiger partial charge < -0.3 is 15.0 Å². The number of hydrogen-bond donors (Lipinski definition) is 1. The van der Waals surface area contributed by atoms with Gasteiger partial charge in [0, 0.05) is 24.0 Å². The van der Waals surface area contributed by atoms with Gasteiger partial charge >= 0.3 is 0 Å². The van der Waals surface area contributed by atoms with Crippen molar-refractivity contribution in [1.82, 2.24) is 10.2 Å². The van der Waals surface area contributed by atoms with Gasteiger partial charge in [0.2, 0.25) is 5.91 Å². The Kier molecular flexibility index (Phi) is 10.4. The summed E-state index contributed by atoms with van der Waals surface area (Å²) in [4.78, 5) is 29.1. The van der Waals surface area contributed by atoms with E-state index in [1.165, 1.54) is 0 Å². The first kappa shape index (κ1) is 29.2. The first-order chi connectivity index (χ1) is 18.1. The Morgan fingerprint density at radius 3 is 2.26 bits per heavy atom. The lowest BCUT2D eigenvalue weighted by Crippen LogP contribution is -2.53. The average molecular weight is 535 g/mol. The van der Waals surface area contributed by atoms with E-state index < -0.39 is 6.04 Å². The molecule has 3 aromatic rings. The van der Waals surface area contributed by atoms with E-state index in [1.807, 2.05) is 86.6 Å². The molecular formula is C32H39ClN2O3. The van der Waals surface area contributed by atoms with Crippen LogP contribution in [0, 0.1) is 0 Å². The largest absolute Gasteiger partial charge is 0.483 e. The number of para-hydroxylation sites is 1. The van der Waals surface area contributed by atoms with Crippen LogP contribution in [0.4, 0.5) is 0 Å². The van der Waals surface area contributed by atoms with Crippen molar-refractivity contribution in [1.29, 1.82) is 0 Å². The summed E-state index contributed by atoms with van der Waals surface area (Å²) >= 11 is 6.26. The number of nitrogens with one attached hydrogen (secondary N) is 1. The number of carbonyl (C=O) groups is 2. The lowest BCUT2D eigenvalue weighted by molar-refractivity contribution is -0.143. The van der Waals surface area contributed by atoms with Crippen LogP contribution >= 0.6 is 11.6 Å². The van der Waals surface area contributed by atoms with E-state index in [-0.39, 0.29) is 36.4 Å². The lowest BCUT2D eigenvalue weighted by atomic mass is 9.86. The van der Waals surface area contributed by atoms with Crippen molar-refractivity contribution in [3.8, 4) is 5.75 Å². The SMILES string of the molecule is CCC(C)NC(=O)C(Cc1ccccc1)N(Cc1cccc(Cl)c1)C(=O)COc1ccccc1C(C)(C)C. The van der Waals surface area contributed by atoms with E-state index in [0.29, 0.717) is 17.2 Å². The minimum atomic E-state index is -0.723. The average Bonchev–Trinajstić information content (AvgIpc) is 2.89. The minimum Gasteiger partial charge on any atom is -0.483 e. The van der Waals surface area contributed by atoms with Gasteiger partial charge in [-0.15, -0.1) is 0 Å². The Morgan fingerprint density at radius 1 is 0.947 bits per heavy atom. The van der Waals surface area contributed by atoms with E-state index >= 15 is 0 Å². The molecule has 0 saturated carbocycles. The summed E-state index contributed by atoms with van der Waals surface area (Å²) in [5, 5.41) is 3.66. The molecule has 1 N–H and O–H groups in total. The molecule has 0 bridgehead atoms. The second kappa shape index (κ2) is 13.5. The molecule has 2 atom stereocenters. The molecule has 0 spiro atoms. The topological polar surface area (TPSA) is 58.6 Å². The van der Waals surface area contributed by atoms with Gasteiger partial charge in [-0.1, -0.05) is 100.0 Å². The van der Waals surface area contributed by atoms with Crippen molar-refractivity contribution in [3.63, 3.8) is 0 Å². The van der Waals surface area contributed by atoms with Gasteiger partial charge in [-0.3, -0.25) is 9.59 Å². The van der Waals surface area contributed by atoms with Gasteiger partial charge in [0.25, 0.3) is 5.91 Å². The van der Waals surface area contributed by atoms with Gasteiger partial charge in [0.05, 0.1) is 0 Å². The third kappa shape index (κ3) is 8.35. The maximum absolute atomic E-state index is 13.8. The highest BCUT2D eigenvalue weighted by Gasteiger charge is 2.31. The predicted molar refractivity (Wildman–Crippen MR) is 154 cm³/mol. The summed E-state index contributed by atoms with van der Waals surface area (Å²) in [7, 11) is 0. The predicted octanol–water partition coefficient (Wildman–Crippen LogP) is 6.57. The Labute approximate surface area is 232 Å². The molecule has 3 rings (SSSR count). The summed E-state index contributed by atoms with van der Waals surface area (Å²) in [5.41, 5.74) is 2.69. The van der Waals surface area contributed by atoms with Gasteiger partial charge in [-0.05, 0) is 53.6 Å². The molecule has 0 fully saturated rings. The van der Waals surface area contributed by atoms with Crippen molar-refractivity contribution < 1.29 is 14.3 Å². The van der Waals surface area contributed by atoms with Crippen LogP contribution in [0.5, 0.6) is 5.75 Å². The zero-order valence-electron chi connectivity index (χ0n) is 23.0. The smallest absolute Gasteiger partial charge is 0.261 e. The maximum Gasteiger partial charge on any atom is 0.261 e. The molecule has 3 aromatic carbocycles. The Balaban J connectivity index is 1.95. The monoisotopic (exact) mass is 534 g/mol. The Bertz CT molecular complexity index is 1210. The van der Waals surface area contributed by atoms with Crippen molar-refractivity contribution in [2.24, 2.45) is 0 Å². The molecule has 2 amide bonds. The van der Waals surface area contributed by atoms with Gasteiger partial charge in [-0.2, -0.15) is 0 Å². The molecule has 0 aliphatic rings. The number of ether oxygens (including phenoxy) is 1. The summed E-state index contributed by atoms with van der Waals surface area (Å²) in [6.07, 6.45) is 1.17. The summed E-state index contributed by atoms with van der Waals surface area (Å²) in [6.45, 7) is 10.4. The standard InChI is InChI=1S/C32H39ClN2O3/c1-6-23(2)34-31(37)28(20-24-13-8-7-9-14-24)35(21-25-15-12-16-26(33)19-25)30(36)22-38-29-18-11-10-17-27(29)32(3,4)5/h7-19,23,28H,6,20-22H2,1-5H3,(H,34,37). The van der Waals surface area contributed by atoms with Crippen molar-refractivity contribution >= 4 is 23.4 Å². The lowest BCUT2D eigenvalue weighted by Gasteiger charge is -2.32. The number of amides is 2.